The molecule has 0 saturated carbocycles. The molecule has 0 fully saturated rings. The number of benzene rings is 2. The number of esters is 1. The summed E-state index contributed by atoms with van der Waals surface area (Å²) in [5.74, 6) is -0.0392. The van der Waals surface area contributed by atoms with Crippen molar-refractivity contribution in [2.24, 2.45) is 4.99 Å². The van der Waals surface area contributed by atoms with Gasteiger partial charge >= 0.3 is 5.97 Å². The van der Waals surface area contributed by atoms with Gasteiger partial charge in [0, 0.05) is 5.56 Å². The van der Waals surface area contributed by atoms with Crippen LogP contribution in [0.15, 0.2) is 53.2 Å². The maximum atomic E-state index is 13.7. The van der Waals surface area contributed by atoms with Crippen molar-refractivity contribution < 1.29 is 23.4 Å². The van der Waals surface area contributed by atoms with Gasteiger partial charge in [-0.25, -0.2) is 14.2 Å². The lowest BCUT2D eigenvalue weighted by Crippen LogP contribution is -2.05. The number of aliphatic imine (C=N–C) groups is 1. The Bertz CT molecular complexity index is 856. The van der Waals surface area contributed by atoms with Gasteiger partial charge in [0.05, 0.1) is 13.7 Å². The van der Waals surface area contributed by atoms with Gasteiger partial charge in [-0.05, 0) is 55.0 Å². The SMILES string of the molecule is CCOc1ccc(C2=N/C(=C\c3ccc(OC)c(F)c3)C(=O)O2)cc1. The minimum atomic E-state index is -0.583. The number of hydrogen-bond donors (Lipinski definition) is 0. The third kappa shape index (κ3) is 3.68. The molecular formula is C19H16FNO4. The molecule has 2 aromatic rings. The van der Waals surface area contributed by atoms with Crippen molar-refractivity contribution >= 4 is 17.9 Å². The lowest BCUT2D eigenvalue weighted by atomic mass is 10.2. The number of ether oxygens (including phenoxy) is 3. The fourth-order valence-electron chi connectivity index (χ4n) is 2.32. The molecule has 128 valence electrons. The summed E-state index contributed by atoms with van der Waals surface area (Å²) in [5, 5.41) is 0. The van der Waals surface area contributed by atoms with E-state index < -0.39 is 11.8 Å². The molecule has 0 spiro atoms. The monoisotopic (exact) mass is 341 g/mol. The summed E-state index contributed by atoms with van der Waals surface area (Å²) < 4.78 is 29.2. The fourth-order valence-corrected chi connectivity index (χ4v) is 2.32. The second-order valence-corrected chi connectivity index (χ2v) is 5.19. The van der Waals surface area contributed by atoms with Gasteiger partial charge in [-0.3, -0.25) is 0 Å². The van der Waals surface area contributed by atoms with Crippen molar-refractivity contribution in [2.75, 3.05) is 13.7 Å². The molecule has 1 heterocycles. The lowest BCUT2D eigenvalue weighted by molar-refractivity contribution is -0.129. The molecule has 1 aliphatic rings. The summed E-state index contributed by atoms with van der Waals surface area (Å²) in [7, 11) is 1.39. The van der Waals surface area contributed by atoms with E-state index in [2.05, 4.69) is 4.99 Å². The zero-order valence-electron chi connectivity index (χ0n) is 13.8. The summed E-state index contributed by atoms with van der Waals surface area (Å²) in [6.45, 7) is 2.47. The van der Waals surface area contributed by atoms with E-state index in [1.165, 1.54) is 25.3 Å². The van der Waals surface area contributed by atoms with Crippen molar-refractivity contribution in [1.29, 1.82) is 0 Å². The Morgan fingerprint density at radius 3 is 2.60 bits per heavy atom. The van der Waals surface area contributed by atoms with Crippen LogP contribution in [-0.4, -0.2) is 25.6 Å². The smallest absolute Gasteiger partial charge is 0.363 e. The van der Waals surface area contributed by atoms with E-state index in [1.54, 1.807) is 30.3 Å². The number of nitrogens with zero attached hydrogens (tertiary/aromatic N) is 1. The van der Waals surface area contributed by atoms with Crippen LogP contribution in [0.2, 0.25) is 0 Å². The highest BCUT2D eigenvalue weighted by Gasteiger charge is 2.24. The van der Waals surface area contributed by atoms with Gasteiger partial charge in [-0.2, -0.15) is 0 Å². The summed E-state index contributed by atoms with van der Waals surface area (Å²) in [6.07, 6.45) is 1.46. The molecular weight excluding hydrogens is 325 g/mol. The zero-order chi connectivity index (χ0) is 17.8. The highest BCUT2D eigenvalue weighted by Crippen LogP contribution is 2.23. The molecule has 1 aliphatic heterocycles. The average molecular weight is 341 g/mol. The third-order valence-corrected chi connectivity index (χ3v) is 3.51. The number of rotatable bonds is 5. The Morgan fingerprint density at radius 1 is 1.20 bits per heavy atom. The van der Waals surface area contributed by atoms with Gasteiger partial charge in [0.25, 0.3) is 0 Å². The van der Waals surface area contributed by atoms with Crippen LogP contribution in [0.4, 0.5) is 4.39 Å². The van der Waals surface area contributed by atoms with Gasteiger partial charge in [-0.1, -0.05) is 6.07 Å². The van der Waals surface area contributed by atoms with Gasteiger partial charge in [0.1, 0.15) is 5.75 Å². The van der Waals surface area contributed by atoms with E-state index in [1.807, 2.05) is 6.92 Å². The normalized spacial score (nSPS) is 15.1. The zero-order valence-corrected chi connectivity index (χ0v) is 13.8. The van der Waals surface area contributed by atoms with E-state index >= 15 is 0 Å². The molecule has 3 rings (SSSR count). The second kappa shape index (κ2) is 7.17. The topological polar surface area (TPSA) is 57.1 Å². The van der Waals surface area contributed by atoms with E-state index in [0.29, 0.717) is 17.7 Å². The van der Waals surface area contributed by atoms with Crippen LogP contribution < -0.4 is 9.47 Å². The average Bonchev–Trinajstić information content (AvgIpc) is 2.97. The van der Waals surface area contributed by atoms with Crippen LogP contribution in [0, 0.1) is 5.82 Å². The maximum Gasteiger partial charge on any atom is 0.363 e. The number of cyclic esters (lactones) is 1. The summed E-state index contributed by atoms with van der Waals surface area (Å²) in [6, 6.07) is 11.4. The standard InChI is InChI=1S/C19H16FNO4/c1-3-24-14-7-5-13(6-8-14)18-21-16(19(22)25-18)11-12-4-9-17(23-2)15(20)10-12/h4-11H,3H2,1-2H3/b16-11-. The van der Waals surface area contributed by atoms with Crippen LogP contribution in [0.3, 0.4) is 0 Å². The van der Waals surface area contributed by atoms with Gasteiger partial charge in [0.15, 0.2) is 17.3 Å². The number of carbonyl (C=O) groups excluding carboxylic acids is 1. The second-order valence-electron chi connectivity index (χ2n) is 5.19. The first kappa shape index (κ1) is 16.7. The molecule has 0 saturated heterocycles. The molecule has 0 atom stereocenters. The van der Waals surface area contributed by atoms with Crippen molar-refractivity contribution in [1.82, 2.24) is 0 Å². The predicted octanol–water partition coefficient (Wildman–Crippen LogP) is 3.58. The number of methoxy groups -OCH3 is 1. The molecule has 2 aromatic carbocycles. The van der Waals surface area contributed by atoms with Gasteiger partial charge in [-0.15, -0.1) is 0 Å². The minimum absolute atomic E-state index is 0.105. The van der Waals surface area contributed by atoms with Crippen molar-refractivity contribution in [2.45, 2.75) is 6.92 Å². The molecule has 5 nitrogen and oxygen atoms in total. The Kier molecular flexibility index (Phi) is 4.79. The van der Waals surface area contributed by atoms with E-state index in [9.17, 15) is 9.18 Å². The van der Waals surface area contributed by atoms with Crippen LogP contribution in [0.25, 0.3) is 6.08 Å². The van der Waals surface area contributed by atoms with E-state index in [4.69, 9.17) is 14.2 Å². The highest BCUT2D eigenvalue weighted by atomic mass is 19.1. The molecule has 0 N–H and O–H groups in total. The van der Waals surface area contributed by atoms with Crippen molar-refractivity contribution in [3.05, 3.63) is 65.1 Å². The first-order chi connectivity index (χ1) is 12.1. The maximum absolute atomic E-state index is 13.7. The van der Waals surface area contributed by atoms with Gasteiger partial charge < -0.3 is 14.2 Å². The molecule has 0 aromatic heterocycles. The summed E-state index contributed by atoms with van der Waals surface area (Å²) in [4.78, 5) is 16.2. The number of carbonyl (C=O) groups is 1. The molecule has 25 heavy (non-hydrogen) atoms. The van der Waals surface area contributed by atoms with Crippen LogP contribution >= 0.6 is 0 Å². The number of halogens is 1. The van der Waals surface area contributed by atoms with Crippen molar-refractivity contribution in [3.8, 4) is 11.5 Å². The largest absolute Gasteiger partial charge is 0.494 e. The Labute approximate surface area is 144 Å². The fraction of sp³-hybridized carbons (Fsp3) is 0.158. The highest BCUT2D eigenvalue weighted by molar-refractivity contribution is 6.12. The Hall–Kier alpha value is -3.15. The lowest BCUT2D eigenvalue weighted by Gasteiger charge is -2.03. The quantitative estimate of drug-likeness (QED) is 0.616. The predicted molar refractivity (Wildman–Crippen MR) is 91.2 cm³/mol. The molecule has 6 heteroatoms. The molecule has 0 radical (unpaired) electrons. The third-order valence-electron chi connectivity index (χ3n) is 3.51. The first-order valence-corrected chi connectivity index (χ1v) is 7.70. The van der Waals surface area contributed by atoms with Crippen molar-refractivity contribution in [3.63, 3.8) is 0 Å². The summed E-state index contributed by atoms with van der Waals surface area (Å²) in [5.41, 5.74) is 1.25. The van der Waals surface area contributed by atoms with Crippen LogP contribution in [0.1, 0.15) is 18.1 Å². The molecule has 0 amide bonds. The first-order valence-electron chi connectivity index (χ1n) is 7.70. The Balaban J connectivity index is 1.85. The van der Waals surface area contributed by atoms with E-state index in [-0.39, 0.29) is 17.3 Å². The van der Waals surface area contributed by atoms with Crippen LogP contribution in [0.5, 0.6) is 11.5 Å². The molecule has 0 aliphatic carbocycles. The summed E-state index contributed by atoms with van der Waals surface area (Å²) >= 11 is 0. The Morgan fingerprint density at radius 2 is 1.96 bits per heavy atom. The van der Waals surface area contributed by atoms with Crippen LogP contribution in [-0.2, 0) is 9.53 Å². The molecule has 0 bridgehead atoms. The van der Waals surface area contributed by atoms with E-state index in [0.717, 1.165) is 5.75 Å². The minimum Gasteiger partial charge on any atom is -0.494 e. The number of hydrogen-bond acceptors (Lipinski definition) is 5. The molecule has 0 unspecified atom stereocenters. The van der Waals surface area contributed by atoms with Gasteiger partial charge in [0.2, 0.25) is 5.90 Å².